The van der Waals surface area contributed by atoms with Gasteiger partial charge in [-0.2, -0.15) is 0 Å². The van der Waals surface area contributed by atoms with Crippen LogP contribution < -0.4 is 0 Å². The SMILES string of the molecule is CC(C)(C)OC(=O)N1CC(C)(C(=O)I)C1. The molecule has 0 aromatic carbocycles. The van der Waals surface area contributed by atoms with Gasteiger partial charge in [-0.3, -0.25) is 4.79 Å². The van der Waals surface area contributed by atoms with Crippen LogP contribution in [0.1, 0.15) is 27.7 Å². The summed E-state index contributed by atoms with van der Waals surface area (Å²) in [5.74, 6) is 0. The lowest BCUT2D eigenvalue weighted by Gasteiger charge is -2.45. The first kappa shape index (κ1) is 12.7. The van der Waals surface area contributed by atoms with Crippen LogP contribution in [0.4, 0.5) is 4.79 Å². The summed E-state index contributed by atoms with van der Waals surface area (Å²) in [6, 6.07) is 0. The molecule has 0 bridgehead atoms. The van der Waals surface area contributed by atoms with Crippen LogP contribution >= 0.6 is 22.6 Å². The van der Waals surface area contributed by atoms with E-state index in [-0.39, 0.29) is 15.3 Å². The van der Waals surface area contributed by atoms with Gasteiger partial charge in [0.25, 0.3) is 0 Å². The van der Waals surface area contributed by atoms with Crippen LogP contribution in [-0.2, 0) is 9.53 Å². The van der Waals surface area contributed by atoms with Crippen molar-refractivity contribution in [2.75, 3.05) is 13.1 Å². The van der Waals surface area contributed by atoms with Crippen molar-refractivity contribution < 1.29 is 14.3 Å². The van der Waals surface area contributed by atoms with Gasteiger partial charge in [-0.05, 0) is 27.7 Å². The highest BCUT2D eigenvalue weighted by Gasteiger charge is 2.47. The Morgan fingerprint density at radius 2 is 1.80 bits per heavy atom. The summed E-state index contributed by atoms with van der Waals surface area (Å²) in [7, 11) is 0. The zero-order chi connectivity index (χ0) is 11.9. The molecule has 0 aromatic heterocycles. The van der Waals surface area contributed by atoms with Crippen molar-refractivity contribution >= 4 is 32.5 Å². The molecule has 1 aliphatic rings. The van der Waals surface area contributed by atoms with Crippen LogP contribution in [0.15, 0.2) is 0 Å². The van der Waals surface area contributed by atoms with Crippen molar-refractivity contribution in [1.82, 2.24) is 4.90 Å². The van der Waals surface area contributed by atoms with Crippen molar-refractivity contribution in [3.05, 3.63) is 0 Å². The third kappa shape index (κ3) is 3.06. The topological polar surface area (TPSA) is 46.6 Å². The van der Waals surface area contributed by atoms with Gasteiger partial charge in [0.15, 0.2) is 0 Å². The molecule has 0 saturated carbocycles. The first-order valence-corrected chi connectivity index (χ1v) is 5.90. The fourth-order valence-electron chi connectivity index (χ4n) is 1.38. The molecule has 1 aliphatic heterocycles. The number of hydrogen-bond acceptors (Lipinski definition) is 3. The summed E-state index contributed by atoms with van der Waals surface area (Å²) < 4.78 is 5.29. The molecular weight excluding hydrogens is 309 g/mol. The summed E-state index contributed by atoms with van der Waals surface area (Å²) in [5, 5.41) is 0. The molecule has 1 fully saturated rings. The van der Waals surface area contributed by atoms with E-state index in [1.165, 1.54) is 0 Å². The van der Waals surface area contributed by atoms with E-state index < -0.39 is 5.60 Å². The molecule has 0 aromatic rings. The minimum Gasteiger partial charge on any atom is -0.444 e. The third-order valence-corrected chi connectivity index (χ3v) is 3.51. The van der Waals surface area contributed by atoms with Gasteiger partial charge in [0.05, 0.1) is 5.41 Å². The number of likely N-dealkylation sites (tertiary alicyclic amines) is 1. The van der Waals surface area contributed by atoms with E-state index in [2.05, 4.69) is 0 Å². The molecule has 1 heterocycles. The van der Waals surface area contributed by atoms with Gasteiger partial charge >= 0.3 is 6.09 Å². The summed E-state index contributed by atoms with van der Waals surface area (Å²) in [4.78, 5) is 24.3. The highest BCUT2D eigenvalue weighted by atomic mass is 127. The average molecular weight is 325 g/mol. The molecule has 1 saturated heterocycles. The number of ether oxygens (including phenoxy) is 1. The number of carbonyl (C=O) groups excluding carboxylic acids is 2. The maximum absolute atomic E-state index is 11.5. The van der Waals surface area contributed by atoms with Gasteiger partial charge in [-0.1, -0.05) is 0 Å². The Labute approximate surface area is 103 Å². The Hall–Kier alpha value is -0.330. The monoisotopic (exact) mass is 325 g/mol. The van der Waals surface area contributed by atoms with Crippen LogP contribution in [0, 0.1) is 5.41 Å². The molecule has 0 radical (unpaired) electrons. The lowest BCUT2D eigenvalue weighted by Crippen LogP contribution is -2.60. The summed E-state index contributed by atoms with van der Waals surface area (Å²) in [5.41, 5.74) is -0.852. The number of hydrogen-bond donors (Lipinski definition) is 0. The highest BCUT2D eigenvalue weighted by molar-refractivity contribution is 14.1. The van der Waals surface area contributed by atoms with Crippen molar-refractivity contribution in [3.63, 3.8) is 0 Å². The highest BCUT2D eigenvalue weighted by Crippen LogP contribution is 2.33. The second kappa shape index (κ2) is 3.92. The molecule has 0 unspecified atom stereocenters. The standard InChI is InChI=1S/C10H16INO3/c1-9(2,3)15-8(14)12-5-10(4,6-12)7(11)13/h5-6H2,1-4H3. The molecule has 0 atom stereocenters. The molecule has 4 nitrogen and oxygen atoms in total. The minimum atomic E-state index is -0.475. The van der Waals surface area contributed by atoms with Crippen molar-refractivity contribution in [3.8, 4) is 0 Å². The van der Waals surface area contributed by atoms with Crippen LogP contribution in [-0.4, -0.2) is 33.5 Å². The Kier molecular flexibility index (Phi) is 3.33. The number of nitrogens with zero attached hydrogens (tertiary/aromatic N) is 1. The van der Waals surface area contributed by atoms with E-state index in [1.54, 1.807) is 27.5 Å². The minimum absolute atomic E-state index is 0.0971. The number of amides is 1. The van der Waals surface area contributed by atoms with Crippen molar-refractivity contribution in [2.45, 2.75) is 33.3 Å². The molecule has 0 spiro atoms. The Morgan fingerprint density at radius 3 is 2.13 bits per heavy atom. The molecule has 1 amide bonds. The largest absolute Gasteiger partial charge is 0.444 e. The van der Waals surface area contributed by atoms with E-state index in [4.69, 9.17) is 4.74 Å². The van der Waals surface area contributed by atoms with Crippen LogP contribution in [0.2, 0.25) is 0 Å². The maximum atomic E-state index is 11.5. The van der Waals surface area contributed by atoms with E-state index in [0.717, 1.165) is 0 Å². The van der Waals surface area contributed by atoms with Crippen LogP contribution in [0.3, 0.4) is 0 Å². The lowest BCUT2D eigenvalue weighted by molar-refractivity contribution is -0.125. The van der Waals surface area contributed by atoms with E-state index in [0.29, 0.717) is 13.1 Å². The van der Waals surface area contributed by atoms with Crippen molar-refractivity contribution in [2.24, 2.45) is 5.41 Å². The summed E-state index contributed by atoms with van der Waals surface area (Å²) in [6.07, 6.45) is -0.336. The van der Waals surface area contributed by atoms with Crippen LogP contribution in [0.5, 0.6) is 0 Å². The Bertz CT molecular complexity index is 290. The Morgan fingerprint density at radius 1 is 1.33 bits per heavy atom. The Balaban J connectivity index is 2.46. The fraction of sp³-hybridized carbons (Fsp3) is 0.800. The third-order valence-electron chi connectivity index (χ3n) is 2.21. The van der Waals surface area contributed by atoms with Gasteiger partial charge < -0.3 is 9.64 Å². The molecule has 0 N–H and O–H groups in total. The number of rotatable bonds is 1. The second-order valence-corrected chi connectivity index (χ2v) is 6.15. The van der Waals surface area contributed by atoms with Gasteiger partial charge in [-0.25, -0.2) is 4.79 Å². The van der Waals surface area contributed by atoms with Crippen LogP contribution in [0.25, 0.3) is 0 Å². The molecule has 86 valence electrons. The summed E-state index contributed by atoms with van der Waals surface area (Å²) >= 11 is 1.78. The zero-order valence-electron chi connectivity index (χ0n) is 9.46. The van der Waals surface area contributed by atoms with Gasteiger partial charge in [-0.15, -0.1) is 0 Å². The predicted octanol–water partition coefficient (Wildman–Crippen LogP) is 2.21. The first-order valence-electron chi connectivity index (χ1n) is 4.82. The number of carbonyl (C=O) groups is 2. The van der Waals surface area contributed by atoms with E-state index in [9.17, 15) is 9.59 Å². The summed E-state index contributed by atoms with van der Waals surface area (Å²) in [6.45, 7) is 8.27. The van der Waals surface area contributed by atoms with Crippen molar-refractivity contribution in [1.29, 1.82) is 0 Å². The molecule has 0 aliphatic carbocycles. The maximum Gasteiger partial charge on any atom is 0.410 e. The first-order chi connectivity index (χ1) is 6.64. The molecule has 15 heavy (non-hydrogen) atoms. The molecule has 5 heteroatoms. The quantitative estimate of drug-likeness (QED) is 0.548. The van der Waals surface area contributed by atoms with Gasteiger partial charge in [0, 0.05) is 35.7 Å². The second-order valence-electron chi connectivity index (χ2n) is 5.17. The van der Waals surface area contributed by atoms with Gasteiger partial charge in [0.1, 0.15) is 5.60 Å². The van der Waals surface area contributed by atoms with E-state index in [1.807, 2.05) is 27.7 Å². The van der Waals surface area contributed by atoms with Gasteiger partial charge in [0.2, 0.25) is 3.79 Å². The predicted molar refractivity (Wildman–Crippen MR) is 64.9 cm³/mol. The van der Waals surface area contributed by atoms with E-state index >= 15 is 0 Å². The molecular formula is C10H16INO3. The normalized spacial score (nSPS) is 19.4. The smallest absolute Gasteiger partial charge is 0.410 e. The zero-order valence-corrected chi connectivity index (χ0v) is 11.6. The molecule has 1 rings (SSSR count). The fourth-order valence-corrected chi connectivity index (χ4v) is 1.72. The lowest BCUT2D eigenvalue weighted by atomic mass is 9.84. The number of halogens is 1. The average Bonchev–Trinajstić information content (AvgIpc) is 1.94.